The van der Waals surface area contributed by atoms with Gasteiger partial charge >= 0.3 is 0 Å². The molecule has 4 nitrogen and oxygen atoms in total. The average molecular weight is 264 g/mol. The number of halogens is 1. The Bertz CT molecular complexity index is 502. The van der Waals surface area contributed by atoms with E-state index in [9.17, 15) is 14.0 Å². The maximum absolute atomic E-state index is 13.5. The summed E-state index contributed by atoms with van der Waals surface area (Å²) in [6.07, 6.45) is 0.615. The summed E-state index contributed by atoms with van der Waals surface area (Å²) in [4.78, 5) is 23.1. The van der Waals surface area contributed by atoms with Crippen molar-refractivity contribution in [2.75, 3.05) is 0 Å². The molecule has 19 heavy (non-hydrogen) atoms. The Morgan fingerprint density at radius 2 is 1.95 bits per heavy atom. The lowest BCUT2D eigenvalue weighted by Crippen LogP contribution is -2.44. The molecule has 102 valence electrons. The van der Waals surface area contributed by atoms with Gasteiger partial charge in [0.05, 0.1) is 0 Å². The molecule has 1 fully saturated rings. The highest BCUT2D eigenvalue weighted by atomic mass is 19.1. The van der Waals surface area contributed by atoms with Crippen LogP contribution in [0.5, 0.6) is 0 Å². The second-order valence-corrected chi connectivity index (χ2v) is 5.10. The molecule has 0 bridgehead atoms. The Kier molecular flexibility index (Phi) is 3.83. The Labute approximate surface area is 111 Å². The molecule has 1 saturated carbocycles. The summed E-state index contributed by atoms with van der Waals surface area (Å²) < 4.78 is 13.5. The van der Waals surface area contributed by atoms with E-state index >= 15 is 0 Å². The van der Waals surface area contributed by atoms with Crippen molar-refractivity contribution in [2.45, 2.75) is 26.2 Å². The first-order chi connectivity index (χ1) is 9.00. The van der Waals surface area contributed by atoms with E-state index in [1.807, 2.05) is 0 Å². The molecule has 1 aromatic carbocycles. The van der Waals surface area contributed by atoms with Crippen molar-refractivity contribution in [2.24, 2.45) is 11.8 Å². The third-order valence-corrected chi connectivity index (χ3v) is 3.27. The number of benzene rings is 1. The van der Waals surface area contributed by atoms with Crippen LogP contribution in [0.2, 0.25) is 0 Å². The minimum Gasteiger partial charge on any atom is -0.273 e. The van der Waals surface area contributed by atoms with Crippen LogP contribution < -0.4 is 10.9 Å². The molecule has 0 heterocycles. The molecule has 0 aliphatic heterocycles. The van der Waals surface area contributed by atoms with Gasteiger partial charge in [-0.15, -0.1) is 0 Å². The highest BCUT2D eigenvalue weighted by Crippen LogP contribution is 2.48. The molecule has 0 radical (unpaired) electrons. The van der Waals surface area contributed by atoms with Crippen molar-refractivity contribution in [1.29, 1.82) is 0 Å². The van der Waals surface area contributed by atoms with E-state index in [1.165, 1.54) is 6.07 Å². The summed E-state index contributed by atoms with van der Waals surface area (Å²) in [5.41, 5.74) is 5.31. The maximum Gasteiger partial charge on any atom is 0.242 e. The second kappa shape index (κ2) is 5.38. The van der Waals surface area contributed by atoms with Crippen LogP contribution in [0.15, 0.2) is 24.3 Å². The maximum atomic E-state index is 13.5. The van der Waals surface area contributed by atoms with Gasteiger partial charge in [0.2, 0.25) is 11.8 Å². The van der Waals surface area contributed by atoms with Gasteiger partial charge in [0.25, 0.3) is 0 Å². The highest BCUT2D eigenvalue weighted by molar-refractivity contribution is 5.86. The number of carbonyl (C=O) groups excluding carboxylic acids is 2. The summed E-state index contributed by atoms with van der Waals surface area (Å²) in [6.45, 7) is 3.47. The van der Waals surface area contributed by atoms with Crippen molar-refractivity contribution in [1.82, 2.24) is 10.9 Å². The van der Waals surface area contributed by atoms with Gasteiger partial charge in [-0.2, -0.15) is 0 Å². The van der Waals surface area contributed by atoms with Crippen molar-refractivity contribution in [3.63, 3.8) is 0 Å². The quantitative estimate of drug-likeness (QED) is 0.817. The Hall–Kier alpha value is -1.91. The molecule has 2 unspecified atom stereocenters. The van der Waals surface area contributed by atoms with Gasteiger partial charge in [0.15, 0.2) is 0 Å². The van der Waals surface area contributed by atoms with Crippen molar-refractivity contribution < 1.29 is 14.0 Å². The van der Waals surface area contributed by atoms with Crippen molar-refractivity contribution >= 4 is 11.8 Å². The fourth-order valence-corrected chi connectivity index (χ4v) is 1.96. The summed E-state index contributed by atoms with van der Waals surface area (Å²) in [6, 6.07) is 6.47. The fraction of sp³-hybridized carbons (Fsp3) is 0.429. The Morgan fingerprint density at radius 1 is 1.26 bits per heavy atom. The minimum absolute atomic E-state index is 0.0860. The molecule has 5 heteroatoms. The predicted molar refractivity (Wildman–Crippen MR) is 68.4 cm³/mol. The zero-order valence-corrected chi connectivity index (χ0v) is 10.9. The largest absolute Gasteiger partial charge is 0.273 e. The van der Waals surface area contributed by atoms with Crippen LogP contribution in [-0.2, 0) is 9.59 Å². The molecular weight excluding hydrogens is 247 g/mol. The molecule has 1 aliphatic rings. The molecule has 0 saturated heterocycles. The van der Waals surface area contributed by atoms with Gasteiger partial charge in [0.1, 0.15) is 5.82 Å². The number of hydrogen-bond acceptors (Lipinski definition) is 2. The zero-order valence-electron chi connectivity index (χ0n) is 10.9. The molecule has 0 aromatic heterocycles. The van der Waals surface area contributed by atoms with Gasteiger partial charge in [-0.05, 0) is 24.0 Å². The minimum atomic E-state index is -0.283. The number of nitrogens with one attached hydrogen (secondary N) is 2. The molecule has 2 N–H and O–H groups in total. The van der Waals surface area contributed by atoms with Gasteiger partial charge in [-0.3, -0.25) is 20.4 Å². The Balaban J connectivity index is 1.88. The smallest absolute Gasteiger partial charge is 0.242 e. The summed E-state index contributed by atoms with van der Waals surface area (Å²) in [7, 11) is 0. The number of rotatable bonds is 3. The summed E-state index contributed by atoms with van der Waals surface area (Å²) in [5, 5.41) is 0. The van der Waals surface area contributed by atoms with Crippen LogP contribution in [0.25, 0.3) is 0 Å². The summed E-state index contributed by atoms with van der Waals surface area (Å²) in [5.74, 6) is -1.32. The van der Waals surface area contributed by atoms with Crippen LogP contribution in [0.1, 0.15) is 31.7 Å². The van der Waals surface area contributed by atoms with Crippen LogP contribution in [-0.4, -0.2) is 11.8 Å². The number of hydrazine groups is 1. The molecule has 2 atom stereocenters. The van der Waals surface area contributed by atoms with Gasteiger partial charge in [0, 0.05) is 11.8 Å². The van der Waals surface area contributed by atoms with Crippen molar-refractivity contribution in [3.8, 4) is 0 Å². The van der Waals surface area contributed by atoms with Gasteiger partial charge in [-0.1, -0.05) is 32.0 Å². The Morgan fingerprint density at radius 3 is 2.58 bits per heavy atom. The first-order valence-corrected chi connectivity index (χ1v) is 6.35. The van der Waals surface area contributed by atoms with E-state index in [1.54, 1.807) is 32.0 Å². The number of carbonyl (C=O) groups is 2. The molecule has 2 amide bonds. The normalized spacial score (nSPS) is 21.1. The van der Waals surface area contributed by atoms with Crippen LogP contribution in [0.4, 0.5) is 4.39 Å². The topological polar surface area (TPSA) is 58.2 Å². The first kappa shape index (κ1) is 13.5. The van der Waals surface area contributed by atoms with Crippen LogP contribution >= 0.6 is 0 Å². The monoisotopic (exact) mass is 264 g/mol. The van der Waals surface area contributed by atoms with Crippen LogP contribution in [0, 0.1) is 17.7 Å². The molecule has 0 spiro atoms. The summed E-state index contributed by atoms with van der Waals surface area (Å²) >= 11 is 0. The molecule has 1 aliphatic carbocycles. The van der Waals surface area contributed by atoms with E-state index in [0.29, 0.717) is 12.0 Å². The zero-order chi connectivity index (χ0) is 14.0. The average Bonchev–Trinajstić information content (AvgIpc) is 3.16. The standard InChI is InChI=1S/C14H17FN2O2/c1-8(2)13(18)16-17-14(19)11-7-10(11)9-5-3-4-6-12(9)15/h3-6,8,10-11H,7H2,1-2H3,(H,16,18)(H,17,19). The lowest BCUT2D eigenvalue weighted by Gasteiger charge is -2.09. The lowest BCUT2D eigenvalue weighted by atomic mass is 10.1. The van der Waals surface area contributed by atoms with Crippen molar-refractivity contribution in [3.05, 3.63) is 35.6 Å². The highest BCUT2D eigenvalue weighted by Gasteiger charge is 2.45. The lowest BCUT2D eigenvalue weighted by molar-refractivity contribution is -0.131. The van der Waals surface area contributed by atoms with Gasteiger partial charge < -0.3 is 0 Å². The third-order valence-electron chi connectivity index (χ3n) is 3.27. The van der Waals surface area contributed by atoms with E-state index < -0.39 is 0 Å². The van der Waals surface area contributed by atoms with E-state index in [0.717, 1.165) is 0 Å². The predicted octanol–water partition coefficient (Wildman–Crippen LogP) is 1.73. The third kappa shape index (κ3) is 3.10. The van der Waals surface area contributed by atoms with E-state index in [-0.39, 0.29) is 35.4 Å². The molecule has 2 rings (SSSR count). The SMILES string of the molecule is CC(C)C(=O)NNC(=O)C1CC1c1ccccc1F. The van der Waals surface area contributed by atoms with Gasteiger partial charge in [-0.25, -0.2) is 4.39 Å². The first-order valence-electron chi connectivity index (χ1n) is 6.35. The molecule has 1 aromatic rings. The second-order valence-electron chi connectivity index (χ2n) is 5.10. The fourth-order valence-electron chi connectivity index (χ4n) is 1.96. The molecular formula is C14H17FN2O2. The number of amides is 2. The number of hydrogen-bond donors (Lipinski definition) is 2. The van der Waals surface area contributed by atoms with Crippen LogP contribution in [0.3, 0.4) is 0 Å². The van der Waals surface area contributed by atoms with E-state index in [2.05, 4.69) is 10.9 Å². The van der Waals surface area contributed by atoms with E-state index in [4.69, 9.17) is 0 Å².